The molecule has 2 N–H and O–H groups in total. The predicted molar refractivity (Wildman–Crippen MR) is 130 cm³/mol. The number of sulfonamides is 1. The van der Waals surface area contributed by atoms with Crippen LogP contribution in [-0.4, -0.2) is 41.5 Å². The topological polar surface area (TPSA) is 139 Å². The molecule has 0 radical (unpaired) electrons. The summed E-state index contributed by atoms with van der Waals surface area (Å²) in [5, 5.41) is 0. The summed E-state index contributed by atoms with van der Waals surface area (Å²) in [7, 11) is -7.66. The lowest BCUT2D eigenvalue weighted by Crippen LogP contribution is -2.30. The fourth-order valence-electron chi connectivity index (χ4n) is 3.54. The predicted octanol–water partition coefficient (Wildman–Crippen LogP) is 2.05. The van der Waals surface area contributed by atoms with Crippen LogP contribution >= 0.6 is 0 Å². The molecule has 12 heteroatoms. The highest BCUT2D eigenvalue weighted by atomic mass is 32.2. The molecule has 1 heterocycles. The third kappa shape index (κ3) is 5.78. The van der Waals surface area contributed by atoms with Crippen molar-refractivity contribution >= 4 is 43.5 Å². The summed E-state index contributed by atoms with van der Waals surface area (Å²) in [6.45, 7) is -0.460. The van der Waals surface area contributed by atoms with Crippen molar-refractivity contribution in [2.45, 2.75) is 6.42 Å². The Kier molecular flexibility index (Phi) is 6.50. The Morgan fingerprint density at radius 3 is 2.40 bits per heavy atom. The van der Waals surface area contributed by atoms with Gasteiger partial charge < -0.3 is 4.74 Å². The van der Waals surface area contributed by atoms with Crippen molar-refractivity contribution in [1.29, 1.82) is 0 Å². The minimum Gasteiger partial charge on any atom is -0.421 e. The number of rotatable bonds is 7. The standard InChI is InChI=1S/C23H21N3O7S2/c1-34(29,30)24-19-10-6-5-9-18(19)13-16-11-12-20(26-15-22(27)25-35(26,31)32)21(14-16)33-23(28)17-7-3-2-4-8-17/h2-12,14,24H,13,15H2,1H3,(H,25,27). The molecular weight excluding hydrogens is 494 g/mol. The zero-order valence-corrected chi connectivity index (χ0v) is 20.1. The average Bonchev–Trinajstić information content (AvgIpc) is 3.06. The molecule has 1 fully saturated rings. The summed E-state index contributed by atoms with van der Waals surface area (Å²) < 4.78 is 59.1. The molecule has 0 atom stereocenters. The molecule has 0 unspecified atom stereocenters. The molecule has 4 rings (SSSR count). The number of carbonyl (C=O) groups excluding carboxylic acids is 2. The molecule has 182 valence electrons. The molecule has 35 heavy (non-hydrogen) atoms. The van der Waals surface area contributed by atoms with Gasteiger partial charge in [0.25, 0.3) is 5.91 Å². The van der Waals surface area contributed by atoms with Gasteiger partial charge in [-0.2, -0.15) is 8.42 Å². The molecule has 3 aromatic carbocycles. The number of amides is 1. The number of anilines is 2. The van der Waals surface area contributed by atoms with Crippen LogP contribution in [0.5, 0.6) is 5.75 Å². The molecule has 0 aliphatic carbocycles. The van der Waals surface area contributed by atoms with Gasteiger partial charge in [-0.15, -0.1) is 0 Å². The van der Waals surface area contributed by atoms with E-state index >= 15 is 0 Å². The Morgan fingerprint density at radius 2 is 1.74 bits per heavy atom. The maximum absolute atomic E-state index is 12.7. The van der Waals surface area contributed by atoms with Gasteiger partial charge in [0.2, 0.25) is 10.0 Å². The second kappa shape index (κ2) is 9.39. The second-order valence-corrected chi connectivity index (χ2v) is 11.1. The quantitative estimate of drug-likeness (QED) is 0.363. The maximum atomic E-state index is 12.7. The van der Waals surface area contributed by atoms with Crippen LogP contribution in [0.2, 0.25) is 0 Å². The number of benzene rings is 3. The van der Waals surface area contributed by atoms with Gasteiger partial charge in [-0.3, -0.25) is 9.52 Å². The van der Waals surface area contributed by atoms with Crippen LogP contribution in [0.25, 0.3) is 0 Å². The summed E-state index contributed by atoms with van der Waals surface area (Å²) in [6.07, 6.45) is 1.30. The Labute approximate surface area is 202 Å². The lowest BCUT2D eigenvalue weighted by atomic mass is 10.0. The summed E-state index contributed by atoms with van der Waals surface area (Å²) in [4.78, 5) is 24.5. The van der Waals surface area contributed by atoms with Gasteiger partial charge in [-0.05, 0) is 47.9 Å². The van der Waals surface area contributed by atoms with Crippen LogP contribution in [-0.2, 0) is 31.4 Å². The number of carbonyl (C=O) groups is 2. The Hall–Kier alpha value is -3.90. The van der Waals surface area contributed by atoms with Gasteiger partial charge in [0.15, 0.2) is 5.75 Å². The van der Waals surface area contributed by atoms with Crippen LogP contribution in [0.1, 0.15) is 21.5 Å². The first-order valence-corrected chi connectivity index (χ1v) is 13.6. The Morgan fingerprint density at radius 1 is 1.06 bits per heavy atom. The summed E-state index contributed by atoms with van der Waals surface area (Å²) in [5.41, 5.74) is 1.92. The van der Waals surface area contributed by atoms with Gasteiger partial charge in [0, 0.05) is 0 Å². The van der Waals surface area contributed by atoms with Crippen LogP contribution in [0.15, 0.2) is 72.8 Å². The van der Waals surface area contributed by atoms with Gasteiger partial charge in [-0.1, -0.05) is 42.5 Å². The second-order valence-electron chi connectivity index (χ2n) is 7.80. The largest absolute Gasteiger partial charge is 0.421 e. The van der Waals surface area contributed by atoms with Gasteiger partial charge >= 0.3 is 16.2 Å². The highest BCUT2D eigenvalue weighted by Gasteiger charge is 2.36. The molecule has 0 bridgehead atoms. The van der Waals surface area contributed by atoms with Crippen LogP contribution in [0.3, 0.4) is 0 Å². The summed E-state index contributed by atoms with van der Waals surface area (Å²) in [5.74, 6) is -1.49. The van der Waals surface area contributed by atoms with Crippen molar-refractivity contribution in [3.63, 3.8) is 0 Å². The molecule has 1 amide bonds. The van der Waals surface area contributed by atoms with Gasteiger partial charge in [-0.25, -0.2) is 22.2 Å². The molecule has 0 aromatic heterocycles. The van der Waals surface area contributed by atoms with Gasteiger partial charge in [0.05, 0.1) is 23.2 Å². The van der Waals surface area contributed by atoms with Crippen molar-refractivity contribution < 1.29 is 31.2 Å². The van der Waals surface area contributed by atoms with Crippen molar-refractivity contribution in [2.75, 3.05) is 21.8 Å². The number of nitrogens with zero attached hydrogens (tertiary/aromatic N) is 1. The molecule has 10 nitrogen and oxygen atoms in total. The zero-order valence-electron chi connectivity index (χ0n) is 18.5. The minimum absolute atomic E-state index is 0.0129. The Bertz CT molecular complexity index is 1510. The fraction of sp³-hybridized carbons (Fsp3) is 0.130. The van der Waals surface area contributed by atoms with E-state index in [9.17, 15) is 26.4 Å². The maximum Gasteiger partial charge on any atom is 0.343 e. The van der Waals surface area contributed by atoms with E-state index in [1.165, 1.54) is 12.1 Å². The van der Waals surface area contributed by atoms with E-state index in [4.69, 9.17) is 4.74 Å². The fourth-order valence-corrected chi connectivity index (χ4v) is 5.30. The number of para-hydroxylation sites is 1. The van der Waals surface area contributed by atoms with E-state index in [1.807, 2.05) is 4.72 Å². The van der Waals surface area contributed by atoms with Crippen molar-refractivity contribution in [3.8, 4) is 5.75 Å². The van der Waals surface area contributed by atoms with Crippen LogP contribution in [0.4, 0.5) is 11.4 Å². The number of ether oxygens (including phenoxy) is 1. The molecule has 0 spiro atoms. The van der Waals surface area contributed by atoms with E-state index in [0.29, 0.717) is 16.8 Å². The molecule has 3 aromatic rings. The lowest BCUT2D eigenvalue weighted by Gasteiger charge is -2.19. The van der Waals surface area contributed by atoms with Crippen molar-refractivity contribution in [2.24, 2.45) is 0 Å². The first-order valence-electron chi connectivity index (χ1n) is 10.3. The van der Waals surface area contributed by atoms with Crippen molar-refractivity contribution in [3.05, 3.63) is 89.5 Å². The van der Waals surface area contributed by atoms with E-state index in [2.05, 4.69) is 4.72 Å². The summed E-state index contributed by atoms with van der Waals surface area (Å²) in [6, 6.07) is 19.5. The number of esters is 1. The molecule has 0 saturated carbocycles. The average molecular weight is 516 g/mol. The summed E-state index contributed by atoms with van der Waals surface area (Å²) >= 11 is 0. The number of hydrogen-bond donors (Lipinski definition) is 2. The highest BCUT2D eigenvalue weighted by molar-refractivity contribution is 7.92. The van der Waals surface area contributed by atoms with Crippen LogP contribution in [0, 0.1) is 0 Å². The van der Waals surface area contributed by atoms with E-state index in [1.54, 1.807) is 60.7 Å². The van der Waals surface area contributed by atoms with E-state index in [-0.39, 0.29) is 23.4 Å². The number of nitrogens with one attached hydrogen (secondary N) is 2. The van der Waals surface area contributed by atoms with E-state index in [0.717, 1.165) is 10.6 Å². The molecule has 1 aliphatic heterocycles. The highest BCUT2D eigenvalue weighted by Crippen LogP contribution is 2.34. The third-order valence-corrected chi connectivity index (χ3v) is 7.01. The molecule has 1 saturated heterocycles. The lowest BCUT2D eigenvalue weighted by molar-refractivity contribution is -0.117. The smallest absolute Gasteiger partial charge is 0.343 e. The zero-order chi connectivity index (χ0) is 25.2. The van der Waals surface area contributed by atoms with Gasteiger partial charge in [0.1, 0.15) is 6.54 Å². The minimum atomic E-state index is -4.15. The van der Waals surface area contributed by atoms with Crippen molar-refractivity contribution in [1.82, 2.24) is 4.72 Å². The third-order valence-electron chi connectivity index (χ3n) is 5.03. The molecule has 1 aliphatic rings. The van der Waals surface area contributed by atoms with E-state index < -0.39 is 38.7 Å². The normalized spacial score (nSPS) is 14.9. The first-order chi connectivity index (χ1) is 16.5. The number of hydrogen-bond acceptors (Lipinski definition) is 7. The first kappa shape index (κ1) is 24.2. The Balaban J connectivity index is 1.73. The SMILES string of the molecule is CS(=O)(=O)Nc1ccccc1Cc1ccc(N2CC(=O)NS2(=O)=O)c(OC(=O)c2ccccc2)c1. The monoisotopic (exact) mass is 515 g/mol. The van der Waals surface area contributed by atoms with Crippen LogP contribution < -0.4 is 18.5 Å². The molecular formula is C23H21N3O7S2.